The van der Waals surface area contributed by atoms with Gasteiger partial charge in [-0.3, -0.25) is 0 Å². The molecule has 24 heavy (non-hydrogen) atoms. The Morgan fingerprint density at radius 2 is 1.79 bits per heavy atom. The van der Waals surface area contributed by atoms with E-state index in [-0.39, 0.29) is 18.2 Å². The molecule has 0 bridgehead atoms. The molecule has 6 nitrogen and oxygen atoms in total. The number of nitrogens with zero attached hydrogens (tertiary/aromatic N) is 2. The lowest BCUT2D eigenvalue weighted by molar-refractivity contribution is 0.262. The molecule has 0 unspecified atom stereocenters. The van der Waals surface area contributed by atoms with E-state index in [4.69, 9.17) is 18.6 Å². The van der Waals surface area contributed by atoms with Crippen molar-refractivity contribution in [3.8, 4) is 28.7 Å². The van der Waals surface area contributed by atoms with Crippen molar-refractivity contribution in [3.63, 3.8) is 0 Å². The highest BCUT2D eigenvalue weighted by molar-refractivity contribution is 5.62. The molecular weight excluding hydrogens is 315 g/mol. The van der Waals surface area contributed by atoms with Crippen molar-refractivity contribution in [2.75, 3.05) is 14.2 Å². The topological polar surface area (TPSA) is 66.6 Å². The summed E-state index contributed by atoms with van der Waals surface area (Å²) in [5.74, 6) is 1.21. The van der Waals surface area contributed by atoms with Crippen LogP contribution in [0.25, 0.3) is 11.5 Å². The predicted octanol–water partition coefficient (Wildman–Crippen LogP) is 3.47. The number of ether oxygens (including phenoxy) is 3. The molecule has 0 amide bonds. The van der Waals surface area contributed by atoms with E-state index in [1.807, 2.05) is 18.2 Å². The maximum atomic E-state index is 13.6. The van der Waals surface area contributed by atoms with Crippen LogP contribution in [0.3, 0.4) is 0 Å². The average molecular weight is 330 g/mol. The first-order valence-corrected chi connectivity index (χ1v) is 7.13. The van der Waals surface area contributed by atoms with Crippen molar-refractivity contribution >= 4 is 0 Å². The number of para-hydroxylation sites is 1. The normalized spacial score (nSPS) is 10.5. The van der Waals surface area contributed by atoms with Gasteiger partial charge >= 0.3 is 0 Å². The van der Waals surface area contributed by atoms with Crippen molar-refractivity contribution in [2.24, 2.45) is 0 Å². The highest BCUT2D eigenvalue weighted by Crippen LogP contribution is 2.28. The van der Waals surface area contributed by atoms with E-state index in [2.05, 4.69) is 10.2 Å². The molecule has 1 heterocycles. The Kier molecular flexibility index (Phi) is 4.60. The molecule has 0 spiro atoms. The number of benzene rings is 2. The Bertz CT molecular complexity index is 835. The number of rotatable bonds is 6. The minimum Gasteiger partial charge on any atom is -0.496 e. The molecule has 0 N–H and O–H groups in total. The maximum Gasteiger partial charge on any atom is 0.254 e. The van der Waals surface area contributed by atoms with Gasteiger partial charge < -0.3 is 18.6 Å². The van der Waals surface area contributed by atoms with Gasteiger partial charge in [0.1, 0.15) is 11.5 Å². The van der Waals surface area contributed by atoms with E-state index in [1.54, 1.807) is 19.2 Å². The van der Waals surface area contributed by atoms with Crippen LogP contribution in [0.4, 0.5) is 4.39 Å². The smallest absolute Gasteiger partial charge is 0.254 e. The molecule has 0 saturated carbocycles. The number of hydrogen-bond donors (Lipinski definition) is 0. The first-order valence-electron chi connectivity index (χ1n) is 7.13. The molecule has 0 atom stereocenters. The van der Waals surface area contributed by atoms with Gasteiger partial charge in [0.25, 0.3) is 11.8 Å². The molecule has 0 saturated heterocycles. The van der Waals surface area contributed by atoms with Gasteiger partial charge in [-0.05, 0) is 24.3 Å². The minimum atomic E-state index is -0.504. The Hall–Kier alpha value is -3.09. The minimum absolute atomic E-state index is 0.0217. The lowest BCUT2D eigenvalue weighted by Gasteiger charge is -2.06. The Morgan fingerprint density at radius 3 is 2.54 bits per heavy atom. The largest absolute Gasteiger partial charge is 0.496 e. The first-order chi connectivity index (χ1) is 11.7. The van der Waals surface area contributed by atoms with Crippen molar-refractivity contribution in [2.45, 2.75) is 6.61 Å². The van der Waals surface area contributed by atoms with Gasteiger partial charge in [0, 0.05) is 6.07 Å². The SMILES string of the molecule is COc1ccc(OCc2nnc(-c3ccccc3OC)o2)cc1F. The molecule has 0 radical (unpaired) electrons. The zero-order valence-electron chi connectivity index (χ0n) is 13.2. The average Bonchev–Trinajstić information content (AvgIpc) is 3.09. The predicted molar refractivity (Wildman–Crippen MR) is 83.6 cm³/mol. The van der Waals surface area contributed by atoms with Crippen molar-refractivity contribution in [1.29, 1.82) is 0 Å². The van der Waals surface area contributed by atoms with Crippen LogP contribution >= 0.6 is 0 Å². The number of aromatic nitrogens is 2. The second-order valence-corrected chi connectivity index (χ2v) is 4.79. The highest BCUT2D eigenvalue weighted by Gasteiger charge is 2.13. The molecule has 1 aromatic heterocycles. The Morgan fingerprint density at radius 1 is 1.00 bits per heavy atom. The van der Waals surface area contributed by atoms with Crippen LogP contribution in [0.15, 0.2) is 46.9 Å². The molecular formula is C17H15FN2O4. The molecule has 124 valence electrons. The summed E-state index contributed by atoms with van der Waals surface area (Å²) in [6.45, 7) is 0.0217. The molecule has 3 rings (SSSR count). The third kappa shape index (κ3) is 3.29. The Labute approximate surface area is 137 Å². The summed E-state index contributed by atoms with van der Waals surface area (Å²) in [5, 5.41) is 7.91. The second kappa shape index (κ2) is 6.99. The third-order valence-corrected chi connectivity index (χ3v) is 3.29. The van der Waals surface area contributed by atoms with Crippen LogP contribution in [0.2, 0.25) is 0 Å². The first kappa shape index (κ1) is 15.8. The van der Waals surface area contributed by atoms with Gasteiger partial charge in [0.15, 0.2) is 18.2 Å². The quantitative estimate of drug-likeness (QED) is 0.689. The monoisotopic (exact) mass is 330 g/mol. The fraction of sp³-hybridized carbons (Fsp3) is 0.176. The van der Waals surface area contributed by atoms with E-state index >= 15 is 0 Å². The molecule has 0 aliphatic carbocycles. The van der Waals surface area contributed by atoms with E-state index < -0.39 is 5.82 Å². The number of methoxy groups -OCH3 is 2. The van der Waals surface area contributed by atoms with E-state index in [0.29, 0.717) is 23.0 Å². The van der Waals surface area contributed by atoms with Crippen LogP contribution in [0.1, 0.15) is 5.89 Å². The fourth-order valence-corrected chi connectivity index (χ4v) is 2.12. The zero-order chi connectivity index (χ0) is 16.9. The van der Waals surface area contributed by atoms with Crippen LogP contribution in [-0.2, 0) is 6.61 Å². The van der Waals surface area contributed by atoms with E-state index in [9.17, 15) is 4.39 Å². The molecule has 3 aromatic rings. The molecule has 0 fully saturated rings. The van der Waals surface area contributed by atoms with Crippen LogP contribution in [0, 0.1) is 5.82 Å². The molecule has 0 aliphatic rings. The fourth-order valence-electron chi connectivity index (χ4n) is 2.12. The summed E-state index contributed by atoms with van der Waals surface area (Å²) in [5.41, 5.74) is 0.689. The summed E-state index contributed by atoms with van der Waals surface area (Å²) < 4.78 is 34.7. The maximum absolute atomic E-state index is 13.6. The van der Waals surface area contributed by atoms with Gasteiger partial charge in [-0.25, -0.2) is 4.39 Å². The summed E-state index contributed by atoms with van der Waals surface area (Å²) >= 11 is 0. The summed E-state index contributed by atoms with van der Waals surface area (Å²) in [6.07, 6.45) is 0. The van der Waals surface area contributed by atoms with Crippen LogP contribution in [-0.4, -0.2) is 24.4 Å². The molecule has 0 aliphatic heterocycles. The van der Waals surface area contributed by atoms with Crippen LogP contribution in [0.5, 0.6) is 17.2 Å². The number of hydrogen-bond acceptors (Lipinski definition) is 6. The highest BCUT2D eigenvalue weighted by atomic mass is 19.1. The van der Waals surface area contributed by atoms with E-state index in [1.165, 1.54) is 19.2 Å². The summed E-state index contributed by atoms with van der Waals surface area (Å²) in [4.78, 5) is 0. The van der Waals surface area contributed by atoms with Gasteiger partial charge in [0.2, 0.25) is 0 Å². The standard InChI is InChI=1S/C17H15FN2O4/c1-21-14-6-4-3-5-12(14)17-20-19-16(24-17)10-23-11-7-8-15(22-2)13(18)9-11/h3-9H,10H2,1-2H3. The Balaban J connectivity index is 1.71. The second-order valence-electron chi connectivity index (χ2n) is 4.79. The lowest BCUT2D eigenvalue weighted by atomic mass is 10.2. The summed E-state index contributed by atoms with van der Waals surface area (Å²) in [7, 11) is 2.97. The summed E-state index contributed by atoms with van der Waals surface area (Å²) in [6, 6.07) is 11.6. The van der Waals surface area contributed by atoms with Crippen LogP contribution < -0.4 is 14.2 Å². The third-order valence-electron chi connectivity index (χ3n) is 3.29. The molecule has 2 aromatic carbocycles. The van der Waals surface area contributed by atoms with Crippen molar-refractivity contribution < 1.29 is 23.0 Å². The molecule has 7 heteroatoms. The van der Waals surface area contributed by atoms with Gasteiger partial charge in [0.05, 0.1) is 19.8 Å². The van der Waals surface area contributed by atoms with Gasteiger partial charge in [-0.15, -0.1) is 10.2 Å². The van der Waals surface area contributed by atoms with Gasteiger partial charge in [-0.1, -0.05) is 12.1 Å². The van der Waals surface area contributed by atoms with Crippen molar-refractivity contribution in [3.05, 3.63) is 54.2 Å². The lowest BCUT2D eigenvalue weighted by Crippen LogP contribution is -1.97. The van der Waals surface area contributed by atoms with E-state index in [0.717, 1.165) is 0 Å². The number of halogens is 1. The zero-order valence-corrected chi connectivity index (χ0v) is 13.2. The van der Waals surface area contributed by atoms with Crippen molar-refractivity contribution in [1.82, 2.24) is 10.2 Å². The van der Waals surface area contributed by atoms with Gasteiger partial charge in [-0.2, -0.15) is 0 Å².